The molecule has 0 aliphatic carbocycles. The van der Waals surface area contributed by atoms with E-state index in [9.17, 15) is 5.11 Å². The van der Waals surface area contributed by atoms with Crippen LogP contribution in [0.5, 0.6) is 0 Å². The second-order valence-corrected chi connectivity index (χ2v) is 5.85. The van der Waals surface area contributed by atoms with Gasteiger partial charge in [-0.25, -0.2) is 0 Å². The Morgan fingerprint density at radius 1 is 1.37 bits per heavy atom. The molecular formula is C14H21Cl2NO2. The van der Waals surface area contributed by atoms with Gasteiger partial charge in [0, 0.05) is 35.3 Å². The lowest BCUT2D eigenvalue weighted by Gasteiger charge is -2.26. The summed E-state index contributed by atoms with van der Waals surface area (Å²) in [6.07, 6.45) is -0.691. The van der Waals surface area contributed by atoms with Gasteiger partial charge in [-0.1, -0.05) is 23.2 Å². The van der Waals surface area contributed by atoms with Crippen LogP contribution in [0.2, 0.25) is 10.0 Å². The van der Waals surface area contributed by atoms with Crippen LogP contribution in [0.25, 0.3) is 0 Å². The lowest BCUT2D eigenvalue weighted by molar-refractivity contribution is -0.0104. The normalized spacial score (nSPS) is 13.6. The summed E-state index contributed by atoms with van der Waals surface area (Å²) in [6.45, 7) is 7.68. The molecule has 2 N–H and O–H groups in total. The fourth-order valence-electron chi connectivity index (χ4n) is 1.83. The molecule has 0 aliphatic rings. The maximum atomic E-state index is 10.1. The van der Waals surface area contributed by atoms with Crippen molar-refractivity contribution >= 4 is 23.2 Å². The predicted molar refractivity (Wildman–Crippen MR) is 80.0 cm³/mol. The van der Waals surface area contributed by atoms with Crippen molar-refractivity contribution in [1.82, 2.24) is 5.32 Å². The Labute approximate surface area is 124 Å². The van der Waals surface area contributed by atoms with Crippen LogP contribution in [0.1, 0.15) is 32.4 Å². The summed E-state index contributed by atoms with van der Waals surface area (Å²) in [5, 5.41) is 14.4. The van der Waals surface area contributed by atoms with Crippen LogP contribution in [0.4, 0.5) is 0 Å². The first kappa shape index (κ1) is 16.7. The number of rotatable bonds is 7. The Morgan fingerprint density at radius 3 is 2.68 bits per heavy atom. The van der Waals surface area contributed by atoms with E-state index >= 15 is 0 Å². The van der Waals surface area contributed by atoms with E-state index in [0.717, 1.165) is 0 Å². The average molecular weight is 306 g/mol. The van der Waals surface area contributed by atoms with Gasteiger partial charge in [0.05, 0.1) is 11.7 Å². The summed E-state index contributed by atoms with van der Waals surface area (Å²) >= 11 is 11.9. The number of hydrogen-bond donors (Lipinski definition) is 2. The van der Waals surface area contributed by atoms with E-state index in [1.807, 2.05) is 20.8 Å². The third-order valence-corrected chi connectivity index (χ3v) is 3.32. The predicted octanol–water partition coefficient (Wildman–Crippen LogP) is 3.43. The van der Waals surface area contributed by atoms with Gasteiger partial charge < -0.3 is 15.2 Å². The molecule has 108 valence electrons. The zero-order valence-electron chi connectivity index (χ0n) is 11.5. The van der Waals surface area contributed by atoms with Crippen molar-refractivity contribution in [3.63, 3.8) is 0 Å². The Balaban J connectivity index is 2.51. The van der Waals surface area contributed by atoms with Crippen molar-refractivity contribution in [1.29, 1.82) is 0 Å². The van der Waals surface area contributed by atoms with Crippen LogP contribution in [0.3, 0.4) is 0 Å². The molecule has 0 saturated carbocycles. The van der Waals surface area contributed by atoms with Gasteiger partial charge >= 0.3 is 0 Å². The lowest BCUT2D eigenvalue weighted by atomic mass is 10.1. The molecule has 1 aromatic carbocycles. The molecule has 0 spiro atoms. The molecule has 19 heavy (non-hydrogen) atoms. The minimum atomic E-state index is -0.691. The van der Waals surface area contributed by atoms with E-state index in [4.69, 9.17) is 27.9 Å². The Hall–Kier alpha value is -0.320. The number of aliphatic hydroxyl groups is 1. The van der Waals surface area contributed by atoms with E-state index < -0.39 is 6.10 Å². The van der Waals surface area contributed by atoms with E-state index in [2.05, 4.69) is 5.32 Å². The number of aliphatic hydroxyl groups excluding tert-OH is 1. The third kappa shape index (κ3) is 5.67. The Kier molecular flexibility index (Phi) is 6.57. The number of nitrogens with one attached hydrogen (secondary N) is 1. The fraction of sp³-hybridized carbons (Fsp3) is 0.571. The molecule has 0 aliphatic heterocycles. The number of benzene rings is 1. The molecule has 0 radical (unpaired) electrons. The van der Waals surface area contributed by atoms with Crippen molar-refractivity contribution < 1.29 is 9.84 Å². The van der Waals surface area contributed by atoms with E-state index in [0.29, 0.717) is 35.3 Å². The molecule has 1 unspecified atom stereocenters. The third-order valence-electron chi connectivity index (χ3n) is 2.74. The highest BCUT2D eigenvalue weighted by atomic mass is 35.5. The Morgan fingerprint density at radius 2 is 2.05 bits per heavy atom. The van der Waals surface area contributed by atoms with Crippen LogP contribution in [0.15, 0.2) is 18.2 Å². The zero-order valence-corrected chi connectivity index (χ0v) is 13.1. The standard InChI is InChI=1S/C14H21Cl2NO2/c1-4-19-14(2,3)9-17-8-13(18)11-7-10(15)5-6-12(11)16/h5-7,13,17-18H,4,8-9H2,1-3H3. The van der Waals surface area contributed by atoms with Gasteiger partial charge in [-0.05, 0) is 39.0 Å². The van der Waals surface area contributed by atoms with Gasteiger partial charge in [-0.15, -0.1) is 0 Å². The van der Waals surface area contributed by atoms with E-state index in [1.165, 1.54) is 0 Å². The second-order valence-electron chi connectivity index (χ2n) is 5.01. The molecule has 0 bridgehead atoms. The van der Waals surface area contributed by atoms with Crippen LogP contribution >= 0.6 is 23.2 Å². The number of ether oxygens (including phenoxy) is 1. The van der Waals surface area contributed by atoms with Crippen LogP contribution in [0, 0.1) is 0 Å². The summed E-state index contributed by atoms with van der Waals surface area (Å²) in [6, 6.07) is 5.07. The largest absolute Gasteiger partial charge is 0.387 e. The summed E-state index contributed by atoms with van der Waals surface area (Å²) in [7, 11) is 0. The van der Waals surface area contributed by atoms with Crippen molar-refractivity contribution in [2.24, 2.45) is 0 Å². The Bertz CT molecular complexity index is 410. The fourth-order valence-corrected chi connectivity index (χ4v) is 2.26. The molecule has 1 atom stereocenters. The smallest absolute Gasteiger partial charge is 0.0929 e. The molecule has 0 saturated heterocycles. The first-order valence-electron chi connectivity index (χ1n) is 6.33. The summed E-state index contributed by atoms with van der Waals surface area (Å²) in [5.41, 5.74) is 0.378. The van der Waals surface area contributed by atoms with Crippen molar-refractivity contribution in [3.8, 4) is 0 Å². The van der Waals surface area contributed by atoms with Crippen molar-refractivity contribution in [2.45, 2.75) is 32.5 Å². The minimum Gasteiger partial charge on any atom is -0.387 e. The summed E-state index contributed by atoms with van der Waals surface area (Å²) in [5.74, 6) is 0. The van der Waals surface area contributed by atoms with Gasteiger partial charge in [0.15, 0.2) is 0 Å². The lowest BCUT2D eigenvalue weighted by Crippen LogP contribution is -2.39. The van der Waals surface area contributed by atoms with Crippen LogP contribution in [-0.2, 0) is 4.74 Å². The minimum absolute atomic E-state index is 0.257. The SMILES string of the molecule is CCOC(C)(C)CNCC(O)c1cc(Cl)ccc1Cl. The molecular weight excluding hydrogens is 285 g/mol. The van der Waals surface area contributed by atoms with Crippen molar-refractivity contribution in [3.05, 3.63) is 33.8 Å². The number of halogens is 2. The van der Waals surface area contributed by atoms with E-state index in [-0.39, 0.29) is 5.60 Å². The van der Waals surface area contributed by atoms with E-state index in [1.54, 1.807) is 18.2 Å². The molecule has 5 heteroatoms. The molecule has 0 heterocycles. The topological polar surface area (TPSA) is 41.5 Å². The summed E-state index contributed by atoms with van der Waals surface area (Å²) in [4.78, 5) is 0. The van der Waals surface area contributed by atoms with Gasteiger partial charge in [-0.3, -0.25) is 0 Å². The average Bonchev–Trinajstić information content (AvgIpc) is 2.31. The molecule has 1 aromatic rings. The van der Waals surface area contributed by atoms with Gasteiger partial charge in [0.1, 0.15) is 0 Å². The maximum Gasteiger partial charge on any atom is 0.0929 e. The highest BCUT2D eigenvalue weighted by Gasteiger charge is 2.18. The monoisotopic (exact) mass is 305 g/mol. The molecule has 0 amide bonds. The zero-order chi connectivity index (χ0) is 14.5. The number of hydrogen-bond acceptors (Lipinski definition) is 3. The molecule has 0 fully saturated rings. The van der Waals surface area contributed by atoms with Crippen LogP contribution in [-0.4, -0.2) is 30.4 Å². The molecule has 3 nitrogen and oxygen atoms in total. The quantitative estimate of drug-likeness (QED) is 0.811. The molecule has 1 rings (SSSR count). The van der Waals surface area contributed by atoms with Gasteiger partial charge in [0.25, 0.3) is 0 Å². The first-order chi connectivity index (χ1) is 8.85. The highest BCUT2D eigenvalue weighted by Crippen LogP contribution is 2.26. The van der Waals surface area contributed by atoms with Crippen LogP contribution < -0.4 is 5.32 Å². The highest BCUT2D eigenvalue weighted by molar-refractivity contribution is 6.33. The maximum absolute atomic E-state index is 10.1. The van der Waals surface area contributed by atoms with Gasteiger partial charge in [-0.2, -0.15) is 0 Å². The first-order valence-corrected chi connectivity index (χ1v) is 7.09. The molecule has 0 aromatic heterocycles. The van der Waals surface area contributed by atoms with Crippen molar-refractivity contribution in [2.75, 3.05) is 19.7 Å². The van der Waals surface area contributed by atoms with Gasteiger partial charge in [0.2, 0.25) is 0 Å². The summed E-state index contributed by atoms with van der Waals surface area (Å²) < 4.78 is 5.57. The second kappa shape index (κ2) is 7.46.